The number of nitrogens with zero attached hydrogens (tertiary/aromatic N) is 1. The second-order valence-corrected chi connectivity index (χ2v) is 7.67. The zero-order valence-corrected chi connectivity index (χ0v) is 14.8. The molecular weight excluding hydrogens is 371 g/mol. The van der Waals surface area contributed by atoms with Crippen molar-refractivity contribution in [1.29, 1.82) is 0 Å². The molecule has 0 amide bonds. The molecule has 0 fully saturated rings. The lowest BCUT2D eigenvalue weighted by atomic mass is 10.1. The van der Waals surface area contributed by atoms with Crippen LogP contribution in [0.5, 0.6) is 5.88 Å². The number of benzene rings is 1. The number of unbranched alkanes of at least 4 members (excludes halogenated alkanes) is 1. The van der Waals surface area contributed by atoms with E-state index in [9.17, 15) is 21.6 Å². The van der Waals surface area contributed by atoms with Crippen molar-refractivity contribution in [2.75, 3.05) is 19.5 Å². The van der Waals surface area contributed by atoms with E-state index in [0.717, 1.165) is 12.3 Å². The van der Waals surface area contributed by atoms with Gasteiger partial charge in [-0.2, -0.15) is 13.2 Å². The van der Waals surface area contributed by atoms with E-state index in [1.54, 1.807) is 0 Å². The first-order valence-electron chi connectivity index (χ1n) is 7.74. The summed E-state index contributed by atoms with van der Waals surface area (Å²) in [6.45, 7) is 0.144. The van der Waals surface area contributed by atoms with Crippen LogP contribution in [-0.2, 0) is 16.0 Å². The van der Waals surface area contributed by atoms with Crippen molar-refractivity contribution in [3.8, 4) is 17.0 Å². The molecule has 0 spiro atoms. The highest BCUT2D eigenvalue weighted by Gasteiger charge is 2.32. The van der Waals surface area contributed by atoms with Gasteiger partial charge >= 0.3 is 6.18 Å². The van der Waals surface area contributed by atoms with Gasteiger partial charge in [-0.3, -0.25) is 0 Å². The molecule has 0 unspecified atom stereocenters. The topological polar surface area (TPSA) is 76.5 Å². The fourth-order valence-corrected chi connectivity index (χ4v) is 2.87. The Morgan fingerprint density at radius 3 is 2.54 bits per heavy atom. The molecule has 0 aliphatic heterocycles. The van der Waals surface area contributed by atoms with E-state index in [2.05, 4.69) is 4.98 Å². The molecule has 1 aromatic heterocycles. The normalized spacial score (nSPS) is 12.2. The van der Waals surface area contributed by atoms with Gasteiger partial charge in [0.15, 0.2) is 9.84 Å². The molecule has 1 heterocycles. The van der Waals surface area contributed by atoms with Crippen LogP contribution in [0.15, 0.2) is 41.4 Å². The number of aliphatic hydroxyl groups excluding tert-OH is 1. The Morgan fingerprint density at radius 2 is 1.92 bits per heavy atom. The van der Waals surface area contributed by atoms with Gasteiger partial charge in [-0.05, 0) is 36.6 Å². The molecule has 0 saturated carbocycles. The Bertz CT molecular complexity index is 867. The minimum atomic E-state index is -4.59. The van der Waals surface area contributed by atoms with Crippen LogP contribution in [0.1, 0.15) is 18.4 Å². The second-order valence-electron chi connectivity index (χ2n) is 5.65. The first-order valence-corrected chi connectivity index (χ1v) is 9.63. The molecular formula is C17H18F3NO4S. The average molecular weight is 389 g/mol. The van der Waals surface area contributed by atoms with Crippen LogP contribution in [0.4, 0.5) is 13.2 Å². The molecule has 1 aromatic carbocycles. The maximum atomic E-state index is 13.0. The van der Waals surface area contributed by atoms with E-state index in [1.807, 2.05) is 0 Å². The summed E-state index contributed by atoms with van der Waals surface area (Å²) in [5.41, 5.74) is -0.655. The van der Waals surface area contributed by atoms with Crippen LogP contribution >= 0.6 is 0 Å². The van der Waals surface area contributed by atoms with Gasteiger partial charge in [0.05, 0.1) is 17.1 Å². The number of hydrogen-bond donors (Lipinski definition) is 1. The van der Waals surface area contributed by atoms with Crippen molar-refractivity contribution in [2.24, 2.45) is 0 Å². The second kappa shape index (κ2) is 8.05. The highest BCUT2D eigenvalue weighted by atomic mass is 32.2. The van der Waals surface area contributed by atoms with Gasteiger partial charge in [0.1, 0.15) is 0 Å². The van der Waals surface area contributed by atoms with E-state index >= 15 is 0 Å². The molecule has 0 atom stereocenters. The van der Waals surface area contributed by atoms with Crippen LogP contribution in [0, 0.1) is 0 Å². The molecule has 26 heavy (non-hydrogen) atoms. The molecule has 0 bridgehead atoms. The summed E-state index contributed by atoms with van der Waals surface area (Å²) in [4.78, 5) is 3.74. The van der Waals surface area contributed by atoms with Crippen molar-refractivity contribution >= 4 is 9.84 Å². The summed E-state index contributed by atoms with van der Waals surface area (Å²) in [6, 6.07) is 6.47. The van der Waals surface area contributed by atoms with E-state index < -0.39 is 21.6 Å². The molecule has 0 aliphatic carbocycles. The fraction of sp³-hybridized carbons (Fsp3) is 0.353. The molecule has 2 rings (SSSR count). The summed E-state index contributed by atoms with van der Waals surface area (Å²) in [5, 5.41) is 8.78. The lowest BCUT2D eigenvalue weighted by Gasteiger charge is -2.14. The van der Waals surface area contributed by atoms with Crippen molar-refractivity contribution in [3.63, 3.8) is 0 Å². The fourth-order valence-electron chi connectivity index (χ4n) is 2.21. The summed E-state index contributed by atoms with van der Waals surface area (Å²) >= 11 is 0. The largest absolute Gasteiger partial charge is 0.477 e. The van der Waals surface area contributed by atoms with E-state index in [4.69, 9.17) is 9.84 Å². The third-order valence-electron chi connectivity index (χ3n) is 3.54. The van der Waals surface area contributed by atoms with Gasteiger partial charge in [0, 0.05) is 24.6 Å². The summed E-state index contributed by atoms with van der Waals surface area (Å²) in [5.74, 6) is -0.0263. The first kappa shape index (κ1) is 20.2. The van der Waals surface area contributed by atoms with Crippen molar-refractivity contribution in [3.05, 3.63) is 42.1 Å². The number of aromatic nitrogens is 1. The number of alkyl halides is 3. The van der Waals surface area contributed by atoms with Crippen LogP contribution in [-0.4, -0.2) is 38.0 Å². The number of rotatable bonds is 7. The maximum absolute atomic E-state index is 13.0. The van der Waals surface area contributed by atoms with Crippen LogP contribution in [0.2, 0.25) is 0 Å². The Morgan fingerprint density at radius 1 is 1.19 bits per heavy atom. The van der Waals surface area contributed by atoms with Gasteiger partial charge in [0.2, 0.25) is 5.88 Å². The predicted octanol–water partition coefficient (Wildman–Crippen LogP) is 3.32. The van der Waals surface area contributed by atoms with Gasteiger partial charge in [0.25, 0.3) is 0 Å². The number of halogens is 3. The minimum Gasteiger partial charge on any atom is -0.477 e. The quantitative estimate of drug-likeness (QED) is 0.735. The van der Waals surface area contributed by atoms with E-state index in [0.29, 0.717) is 19.0 Å². The lowest BCUT2D eigenvalue weighted by molar-refractivity contribution is -0.137. The third kappa shape index (κ3) is 5.18. The highest BCUT2D eigenvalue weighted by Crippen LogP contribution is 2.36. The molecule has 0 aliphatic rings. The van der Waals surface area contributed by atoms with Crippen LogP contribution < -0.4 is 4.74 Å². The molecule has 9 heteroatoms. The summed E-state index contributed by atoms with van der Waals surface area (Å²) in [6.07, 6.45) is -1.92. The third-order valence-corrected chi connectivity index (χ3v) is 4.65. The smallest absolute Gasteiger partial charge is 0.417 e. The minimum absolute atomic E-state index is 0.0151. The van der Waals surface area contributed by atoms with Gasteiger partial charge in [-0.25, -0.2) is 13.4 Å². The van der Waals surface area contributed by atoms with Crippen molar-refractivity contribution < 1.29 is 31.4 Å². The monoisotopic (exact) mass is 389 g/mol. The maximum Gasteiger partial charge on any atom is 0.417 e. The number of ether oxygens (including phenoxy) is 1. The zero-order valence-electron chi connectivity index (χ0n) is 14.0. The van der Waals surface area contributed by atoms with Gasteiger partial charge < -0.3 is 9.84 Å². The van der Waals surface area contributed by atoms with Crippen LogP contribution in [0.25, 0.3) is 11.1 Å². The molecule has 0 saturated heterocycles. The molecule has 1 N–H and O–H groups in total. The number of aliphatic hydroxyl groups is 1. The van der Waals surface area contributed by atoms with Gasteiger partial charge in [-0.1, -0.05) is 12.1 Å². The SMILES string of the molecule is CS(=O)(=O)c1cccc(-c2cc(C(F)(F)F)cnc2OCCCCO)c1. The molecule has 142 valence electrons. The molecule has 5 nitrogen and oxygen atoms in total. The lowest BCUT2D eigenvalue weighted by Crippen LogP contribution is -2.08. The van der Waals surface area contributed by atoms with Crippen molar-refractivity contribution in [1.82, 2.24) is 4.98 Å². The number of hydrogen-bond acceptors (Lipinski definition) is 5. The van der Waals surface area contributed by atoms with Crippen molar-refractivity contribution in [2.45, 2.75) is 23.9 Å². The highest BCUT2D eigenvalue weighted by molar-refractivity contribution is 7.90. The first-order chi connectivity index (χ1) is 12.1. The average Bonchev–Trinajstić information content (AvgIpc) is 2.57. The standard InChI is InChI=1S/C17H18F3NO4S/c1-26(23,24)14-6-4-5-12(9-14)15-10-13(17(18,19)20)11-21-16(15)25-8-3-2-7-22/h4-6,9-11,22H,2-3,7-8H2,1H3. The Labute approximate surface area is 149 Å². The number of pyridine rings is 1. The summed E-state index contributed by atoms with van der Waals surface area (Å²) in [7, 11) is -3.52. The Balaban J connectivity index is 2.49. The summed E-state index contributed by atoms with van der Waals surface area (Å²) < 4.78 is 68.0. The van der Waals surface area contributed by atoms with E-state index in [-0.39, 0.29) is 35.1 Å². The number of sulfone groups is 1. The van der Waals surface area contributed by atoms with Gasteiger partial charge in [-0.15, -0.1) is 0 Å². The predicted molar refractivity (Wildman–Crippen MR) is 89.6 cm³/mol. The molecule has 2 aromatic rings. The Kier molecular flexibility index (Phi) is 6.25. The Hall–Kier alpha value is -2.13. The zero-order chi connectivity index (χ0) is 19.4. The molecule has 0 radical (unpaired) electrons. The van der Waals surface area contributed by atoms with Crippen LogP contribution in [0.3, 0.4) is 0 Å². The van der Waals surface area contributed by atoms with E-state index in [1.165, 1.54) is 24.3 Å².